The van der Waals surface area contributed by atoms with Gasteiger partial charge < -0.3 is 15.0 Å². The topological polar surface area (TPSA) is 50.3 Å². The second-order valence-electron chi connectivity index (χ2n) is 4.80. The Labute approximate surface area is 113 Å². The number of ether oxygens (including phenoxy) is 1. The van der Waals surface area contributed by atoms with Crippen LogP contribution in [-0.2, 0) is 0 Å². The molecule has 1 aromatic rings. The average Bonchev–Trinajstić information content (AvgIpc) is 3.15. The maximum atomic E-state index is 6.05. The number of anilines is 1. The van der Waals surface area contributed by atoms with Crippen molar-refractivity contribution in [1.82, 2.24) is 14.9 Å². The fraction of sp³-hybridized carbons (Fsp3) is 0.667. The van der Waals surface area contributed by atoms with Crippen molar-refractivity contribution in [2.75, 3.05) is 33.1 Å². The van der Waals surface area contributed by atoms with E-state index in [1.165, 1.54) is 12.8 Å². The Balaban J connectivity index is 2.00. The van der Waals surface area contributed by atoms with E-state index in [2.05, 4.69) is 34.3 Å². The first-order valence-electron chi connectivity index (χ1n) is 6.08. The third-order valence-corrected chi connectivity index (χ3v) is 3.49. The molecule has 1 heterocycles. The molecule has 1 fully saturated rings. The second-order valence-corrected chi connectivity index (χ2v) is 5.21. The molecule has 100 valence electrons. The van der Waals surface area contributed by atoms with Crippen LogP contribution in [0, 0.1) is 5.92 Å². The van der Waals surface area contributed by atoms with Crippen molar-refractivity contribution < 1.29 is 4.74 Å². The monoisotopic (exact) mass is 270 g/mol. The predicted octanol–water partition coefficient (Wildman–Crippen LogP) is 1.89. The maximum Gasteiger partial charge on any atom is 0.318 e. The summed E-state index contributed by atoms with van der Waals surface area (Å²) in [5.74, 6) is 1.42. The molecule has 0 aromatic carbocycles. The van der Waals surface area contributed by atoms with E-state index in [4.69, 9.17) is 16.3 Å². The summed E-state index contributed by atoms with van der Waals surface area (Å²) in [5.41, 5.74) is 0. The zero-order valence-corrected chi connectivity index (χ0v) is 11.7. The molecule has 5 nitrogen and oxygen atoms in total. The van der Waals surface area contributed by atoms with Crippen molar-refractivity contribution in [3.63, 3.8) is 0 Å². The van der Waals surface area contributed by atoms with Crippen LogP contribution >= 0.6 is 11.6 Å². The van der Waals surface area contributed by atoms with Gasteiger partial charge in [0.05, 0.1) is 13.3 Å². The highest BCUT2D eigenvalue weighted by molar-refractivity contribution is 6.32. The van der Waals surface area contributed by atoms with Crippen molar-refractivity contribution in [3.05, 3.63) is 11.2 Å². The Morgan fingerprint density at radius 3 is 2.83 bits per heavy atom. The van der Waals surface area contributed by atoms with E-state index in [0.717, 1.165) is 12.5 Å². The number of rotatable bonds is 6. The molecule has 1 unspecified atom stereocenters. The van der Waals surface area contributed by atoms with E-state index in [1.54, 1.807) is 13.3 Å². The summed E-state index contributed by atoms with van der Waals surface area (Å²) in [5, 5.41) is 3.80. The summed E-state index contributed by atoms with van der Waals surface area (Å²) < 4.78 is 4.99. The Bertz CT molecular complexity index is 407. The van der Waals surface area contributed by atoms with Crippen molar-refractivity contribution in [3.8, 4) is 6.01 Å². The van der Waals surface area contributed by atoms with Gasteiger partial charge in [0, 0.05) is 12.6 Å². The van der Waals surface area contributed by atoms with Gasteiger partial charge in [-0.2, -0.15) is 4.98 Å². The molecule has 1 N–H and O–H groups in total. The number of nitrogens with zero attached hydrogens (tertiary/aromatic N) is 3. The van der Waals surface area contributed by atoms with Gasteiger partial charge >= 0.3 is 6.01 Å². The van der Waals surface area contributed by atoms with Crippen LogP contribution in [-0.4, -0.2) is 48.7 Å². The minimum atomic E-state index is 0.328. The van der Waals surface area contributed by atoms with Crippen LogP contribution in [0.1, 0.15) is 12.8 Å². The van der Waals surface area contributed by atoms with Gasteiger partial charge in [-0.1, -0.05) is 11.6 Å². The molecule has 0 spiro atoms. The molecule has 0 radical (unpaired) electrons. The van der Waals surface area contributed by atoms with Crippen LogP contribution in [0.4, 0.5) is 5.82 Å². The van der Waals surface area contributed by atoms with Crippen LogP contribution in [0.15, 0.2) is 6.20 Å². The van der Waals surface area contributed by atoms with Gasteiger partial charge in [-0.15, -0.1) is 0 Å². The molecule has 1 aliphatic carbocycles. The zero-order chi connectivity index (χ0) is 13.1. The SMILES string of the molecule is COc1ncc(Cl)c(NCC(C2CC2)N(C)C)n1. The Kier molecular flexibility index (Phi) is 4.24. The van der Waals surface area contributed by atoms with E-state index in [-0.39, 0.29) is 0 Å². The van der Waals surface area contributed by atoms with Gasteiger partial charge in [-0.25, -0.2) is 4.98 Å². The van der Waals surface area contributed by atoms with Crippen LogP contribution in [0.5, 0.6) is 6.01 Å². The highest BCUT2D eigenvalue weighted by atomic mass is 35.5. The van der Waals surface area contributed by atoms with Crippen LogP contribution in [0.3, 0.4) is 0 Å². The molecule has 6 heteroatoms. The van der Waals surface area contributed by atoms with Crippen LogP contribution in [0.2, 0.25) is 5.02 Å². The van der Waals surface area contributed by atoms with E-state index >= 15 is 0 Å². The number of halogens is 1. The van der Waals surface area contributed by atoms with Crippen molar-refractivity contribution in [2.24, 2.45) is 5.92 Å². The molecule has 2 rings (SSSR count). The molecular formula is C12H19ClN4O. The minimum absolute atomic E-state index is 0.328. The smallest absolute Gasteiger partial charge is 0.318 e. The lowest BCUT2D eigenvalue weighted by Gasteiger charge is -2.24. The van der Waals surface area contributed by atoms with Crippen LogP contribution in [0.25, 0.3) is 0 Å². The normalized spacial score (nSPS) is 16.7. The third-order valence-electron chi connectivity index (χ3n) is 3.21. The fourth-order valence-electron chi connectivity index (χ4n) is 2.03. The number of methoxy groups -OCH3 is 1. The lowest BCUT2D eigenvalue weighted by molar-refractivity contribution is 0.276. The van der Waals surface area contributed by atoms with E-state index in [1.807, 2.05) is 0 Å². The Hall–Kier alpha value is -1.07. The zero-order valence-electron chi connectivity index (χ0n) is 11.0. The Morgan fingerprint density at radius 1 is 1.56 bits per heavy atom. The molecular weight excluding hydrogens is 252 g/mol. The molecule has 18 heavy (non-hydrogen) atoms. The number of likely N-dealkylation sites (N-methyl/N-ethyl adjacent to an activating group) is 1. The van der Waals surface area contributed by atoms with E-state index in [9.17, 15) is 0 Å². The first kappa shape index (κ1) is 13.4. The number of hydrogen-bond donors (Lipinski definition) is 1. The third kappa shape index (κ3) is 3.23. The van der Waals surface area contributed by atoms with Gasteiger partial charge in [0.25, 0.3) is 0 Å². The van der Waals surface area contributed by atoms with Crippen molar-refractivity contribution >= 4 is 17.4 Å². The van der Waals surface area contributed by atoms with Crippen LogP contribution < -0.4 is 10.1 Å². The lowest BCUT2D eigenvalue weighted by Crippen LogP contribution is -2.36. The predicted molar refractivity (Wildman–Crippen MR) is 72.3 cm³/mol. The molecule has 0 amide bonds. The molecule has 0 saturated heterocycles. The molecule has 1 saturated carbocycles. The molecule has 1 aromatic heterocycles. The Morgan fingerprint density at radius 2 is 2.28 bits per heavy atom. The van der Waals surface area contributed by atoms with E-state index < -0.39 is 0 Å². The van der Waals surface area contributed by atoms with Gasteiger partial charge in [0.1, 0.15) is 5.02 Å². The quantitative estimate of drug-likeness (QED) is 0.856. The maximum absolute atomic E-state index is 6.05. The summed E-state index contributed by atoms with van der Waals surface area (Å²) in [7, 11) is 5.75. The van der Waals surface area contributed by atoms with Crippen molar-refractivity contribution in [2.45, 2.75) is 18.9 Å². The number of nitrogens with one attached hydrogen (secondary N) is 1. The number of hydrogen-bond acceptors (Lipinski definition) is 5. The summed E-state index contributed by atoms with van der Waals surface area (Å²) >= 11 is 6.05. The standard InChI is InChI=1S/C12H19ClN4O/c1-17(2)10(8-4-5-8)7-14-11-9(13)6-15-12(16-11)18-3/h6,8,10H,4-5,7H2,1-3H3,(H,14,15,16). The molecule has 1 atom stereocenters. The van der Waals surface area contributed by atoms with Gasteiger partial charge in [0.2, 0.25) is 0 Å². The molecule has 0 aliphatic heterocycles. The van der Waals surface area contributed by atoms with Gasteiger partial charge in [0.15, 0.2) is 5.82 Å². The number of aromatic nitrogens is 2. The van der Waals surface area contributed by atoms with Gasteiger partial charge in [-0.3, -0.25) is 0 Å². The lowest BCUT2D eigenvalue weighted by atomic mass is 10.1. The molecule has 0 bridgehead atoms. The average molecular weight is 271 g/mol. The first-order valence-corrected chi connectivity index (χ1v) is 6.46. The highest BCUT2D eigenvalue weighted by Gasteiger charge is 2.32. The minimum Gasteiger partial charge on any atom is -0.467 e. The van der Waals surface area contributed by atoms with E-state index in [0.29, 0.717) is 22.9 Å². The largest absolute Gasteiger partial charge is 0.467 e. The van der Waals surface area contributed by atoms with Crippen molar-refractivity contribution in [1.29, 1.82) is 0 Å². The fourth-order valence-corrected chi connectivity index (χ4v) is 2.18. The summed E-state index contributed by atoms with van der Waals surface area (Å²) in [6.07, 6.45) is 4.17. The van der Waals surface area contributed by atoms with Gasteiger partial charge in [-0.05, 0) is 32.9 Å². The first-order chi connectivity index (χ1) is 8.61. The second kappa shape index (κ2) is 5.71. The highest BCUT2D eigenvalue weighted by Crippen LogP contribution is 2.34. The summed E-state index contributed by atoms with van der Waals surface area (Å²) in [6, 6.07) is 0.844. The summed E-state index contributed by atoms with van der Waals surface area (Å²) in [6.45, 7) is 0.831. The molecule has 1 aliphatic rings. The summed E-state index contributed by atoms with van der Waals surface area (Å²) in [4.78, 5) is 10.4.